The van der Waals surface area contributed by atoms with Crippen LogP contribution in [0.1, 0.15) is 97.2 Å². The van der Waals surface area contributed by atoms with E-state index in [1.807, 2.05) is 36.9 Å². The fourth-order valence-corrected chi connectivity index (χ4v) is 12.4. The highest BCUT2D eigenvalue weighted by Crippen LogP contribution is 2.54. The Morgan fingerprint density at radius 1 is 0.280 bits per heavy atom. The first-order valence-corrected chi connectivity index (χ1v) is 26.2. The number of benzene rings is 8. The highest BCUT2D eigenvalue weighted by molar-refractivity contribution is 5.90. The molecule has 2 heterocycles. The molecule has 2 aromatic heterocycles. The van der Waals surface area contributed by atoms with Crippen LogP contribution in [-0.4, -0.2) is 9.97 Å². The van der Waals surface area contributed by atoms with Crippen LogP contribution in [0.5, 0.6) is 0 Å². The predicted molar refractivity (Wildman–Crippen MR) is 315 cm³/mol. The average molecular weight is 967 g/mol. The van der Waals surface area contributed by atoms with Crippen LogP contribution in [0, 0.1) is 0 Å². The third-order valence-corrected chi connectivity index (χ3v) is 16.4. The van der Waals surface area contributed by atoms with E-state index in [0.29, 0.717) is 0 Å². The minimum atomic E-state index is -0.178. The topological polar surface area (TPSA) is 32.3 Å². The Labute approximate surface area is 441 Å². The lowest BCUT2D eigenvalue weighted by Gasteiger charge is -2.27. The molecule has 0 radical (unpaired) electrons. The Kier molecular flexibility index (Phi) is 10.8. The molecule has 13 rings (SSSR count). The second-order valence-corrected chi connectivity index (χ2v) is 22.0. The molecule has 10 aromatic rings. The third kappa shape index (κ3) is 7.74. The Balaban J connectivity index is 0.731. The van der Waals surface area contributed by atoms with Crippen molar-refractivity contribution in [1.29, 1.82) is 0 Å². The van der Waals surface area contributed by atoms with Crippen LogP contribution in [0.2, 0.25) is 0 Å². The maximum Gasteiger partial charge on any atom is 0.0644 e. The van der Waals surface area contributed by atoms with Gasteiger partial charge >= 0.3 is 0 Å². The molecule has 0 saturated heterocycles. The quantitative estimate of drug-likeness (QED) is 0.128. The van der Waals surface area contributed by atoms with Gasteiger partial charge in [0, 0.05) is 51.4 Å². The van der Waals surface area contributed by atoms with E-state index in [2.05, 4.69) is 268 Å². The molecule has 75 heavy (non-hydrogen) atoms. The van der Waals surface area contributed by atoms with E-state index >= 15 is 0 Å². The summed E-state index contributed by atoms with van der Waals surface area (Å²) in [4.78, 5) is 13.5. The van der Waals surface area contributed by atoms with Crippen molar-refractivity contribution >= 4 is 58.4 Å². The number of para-hydroxylation sites is 2. The molecule has 3 aliphatic rings. The minimum absolute atomic E-state index is 0.150. The normalized spacial score (nSPS) is 14.7. The van der Waals surface area contributed by atoms with Crippen molar-refractivity contribution in [1.82, 2.24) is 9.97 Å². The van der Waals surface area contributed by atoms with E-state index < -0.39 is 0 Å². The standard InChI is InChI=1S/C71H58N4/c1-69(2)63-39-47(21-23-49-27-33-59-61-35-29-53(43-67(61)70(3,4)65(59)41-49)74(51-15-9-7-10-16-51)55-19-13-37-72-45-55)25-31-57(63)58-32-26-48(40-64(58)69)22-24-50-28-34-60-62-36-30-54(44-68(62)71(5,6)66(60)42-50)75(52-17-11-8-12-18-52)56-20-14-38-73-46-56/h7-46H,1-6H3/b23-21+,24-22+. The Morgan fingerprint density at radius 2 is 0.560 bits per heavy atom. The molecule has 3 aliphatic carbocycles. The highest BCUT2D eigenvalue weighted by Gasteiger charge is 2.39. The number of aromatic nitrogens is 2. The summed E-state index contributed by atoms with van der Waals surface area (Å²) in [6, 6.07) is 71.2. The molecule has 0 unspecified atom stereocenters. The number of fused-ring (bicyclic) bond motifs is 9. The van der Waals surface area contributed by atoms with E-state index in [0.717, 1.165) is 34.1 Å². The Hall–Kier alpha value is -8.86. The van der Waals surface area contributed by atoms with Crippen LogP contribution in [0.15, 0.2) is 219 Å². The lowest BCUT2D eigenvalue weighted by molar-refractivity contribution is 0.660. The lowest BCUT2D eigenvalue weighted by atomic mass is 9.81. The van der Waals surface area contributed by atoms with Crippen molar-refractivity contribution in [3.63, 3.8) is 0 Å². The third-order valence-electron chi connectivity index (χ3n) is 16.4. The summed E-state index contributed by atoms with van der Waals surface area (Å²) in [6.45, 7) is 14.2. The Morgan fingerprint density at radius 3 is 0.853 bits per heavy atom. The molecule has 8 aromatic carbocycles. The van der Waals surface area contributed by atoms with Crippen LogP contribution >= 0.6 is 0 Å². The molecular weight excluding hydrogens is 909 g/mol. The molecule has 0 bridgehead atoms. The van der Waals surface area contributed by atoms with Gasteiger partial charge in [-0.3, -0.25) is 9.97 Å². The summed E-state index contributed by atoms with van der Waals surface area (Å²) in [5, 5.41) is 0. The fourth-order valence-electron chi connectivity index (χ4n) is 12.4. The monoisotopic (exact) mass is 966 g/mol. The summed E-state index contributed by atoms with van der Waals surface area (Å²) in [7, 11) is 0. The van der Waals surface area contributed by atoms with Crippen LogP contribution < -0.4 is 9.80 Å². The zero-order valence-corrected chi connectivity index (χ0v) is 43.4. The fraction of sp³-hybridized carbons (Fsp3) is 0.127. The molecule has 4 heteroatoms. The molecular formula is C71H58N4. The highest BCUT2D eigenvalue weighted by atomic mass is 15.2. The van der Waals surface area contributed by atoms with Gasteiger partial charge in [0.05, 0.1) is 23.8 Å². The largest absolute Gasteiger partial charge is 0.309 e. The van der Waals surface area contributed by atoms with Crippen LogP contribution in [0.3, 0.4) is 0 Å². The van der Waals surface area contributed by atoms with Gasteiger partial charge in [0.1, 0.15) is 0 Å². The zero-order chi connectivity index (χ0) is 51.1. The number of hydrogen-bond donors (Lipinski definition) is 0. The summed E-state index contributed by atoms with van der Waals surface area (Å²) in [6.07, 6.45) is 16.7. The molecule has 0 fully saturated rings. The molecule has 0 spiro atoms. The molecule has 0 atom stereocenters. The van der Waals surface area contributed by atoms with Gasteiger partial charge in [-0.2, -0.15) is 0 Å². The first kappa shape index (κ1) is 46.0. The first-order chi connectivity index (χ1) is 36.4. The number of pyridine rings is 2. The number of hydrogen-bond acceptors (Lipinski definition) is 4. The van der Waals surface area contributed by atoms with Gasteiger partial charge in [-0.15, -0.1) is 0 Å². The van der Waals surface area contributed by atoms with Gasteiger partial charge in [-0.1, -0.05) is 187 Å². The van der Waals surface area contributed by atoms with Gasteiger partial charge in [-0.05, 0) is 162 Å². The maximum absolute atomic E-state index is 4.47. The summed E-state index contributed by atoms with van der Waals surface area (Å²) in [5.41, 5.74) is 26.8. The smallest absolute Gasteiger partial charge is 0.0644 e. The predicted octanol–water partition coefficient (Wildman–Crippen LogP) is 18.7. The Bertz CT molecular complexity index is 3570. The summed E-state index contributed by atoms with van der Waals surface area (Å²) >= 11 is 0. The first-order valence-electron chi connectivity index (χ1n) is 26.2. The van der Waals surface area contributed by atoms with Crippen molar-refractivity contribution in [2.45, 2.75) is 57.8 Å². The van der Waals surface area contributed by atoms with Crippen molar-refractivity contribution < 1.29 is 0 Å². The van der Waals surface area contributed by atoms with Gasteiger partial charge in [-0.25, -0.2) is 0 Å². The zero-order valence-electron chi connectivity index (χ0n) is 43.4. The van der Waals surface area contributed by atoms with Crippen molar-refractivity contribution in [2.24, 2.45) is 0 Å². The molecule has 4 nitrogen and oxygen atoms in total. The van der Waals surface area contributed by atoms with Crippen LogP contribution in [0.4, 0.5) is 34.1 Å². The molecule has 362 valence electrons. The van der Waals surface area contributed by atoms with Gasteiger partial charge in [0.2, 0.25) is 0 Å². The lowest BCUT2D eigenvalue weighted by Crippen LogP contribution is -2.16. The summed E-state index contributed by atoms with van der Waals surface area (Å²) in [5.74, 6) is 0. The SMILES string of the molecule is CC1(C)c2cc(/C=C/c3ccc4c(c3)C(C)(C)c3cc(N(c5ccccc5)c5cccnc5)ccc3-4)ccc2-c2ccc(/C=C/c3ccc4c(c3)C(C)(C)c3cc(N(c5ccccc5)c5cccnc5)ccc3-4)cc21. The maximum atomic E-state index is 4.47. The average Bonchev–Trinajstić information content (AvgIpc) is 4.05. The van der Waals surface area contributed by atoms with Gasteiger partial charge < -0.3 is 9.80 Å². The summed E-state index contributed by atoms with van der Waals surface area (Å²) < 4.78 is 0. The van der Waals surface area contributed by atoms with Crippen LogP contribution in [-0.2, 0) is 16.2 Å². The van der Waals surface area contributed by atoms with Gasteiger partial charge in [0.25, 0.3) is 0 Å². The van der Waals surface area contributed by atoms with E-state index in [1.54, 1.807) is 0 Å². The minimum Gasteiger partial charge on any atom is -0.309 e. The molecule has 0 aliphatic heterocycles. The van der Waals surface area contributed by atoms with E-state index in [1.165, 1.54) is 89.0 Å². The van der Waals surface area contributed by atoms with Crippen molar-refractivity contribution in [2.75, 3.05) is 9.80 Å². The molecule has 0 amide bonds. The number of nitrogens with zero attached hydrogens (tertiary/aromatic N) is 4. The van der Waals surface area contributed by atoms with E-state index in [-0.39, 0.29) is 16.2 Å². The van der Waals surface area contributed by atoms with E-state index in [4.69, 9.17) is 0 Å². The van der Waals surface area contributed by atoms with Crippen LogP contribution in [0.25, 0.3) is 57.7 Å². The molecule has 0 saturated carbocycles. The number of anilines is 6. The van der Waals surface area contributed by atoms with E-state index in [9.17, 15) is 0 Å². The molecule has 0 N–H and O–H groups in total. The van der Waals surface area contributed by atoms with Gasteiger partial charge in [0.15, 0.2) is 0 Å². The van der Waals surface area contributed by atoms with Crippen molar-refractivity contribution in [3.05, 3.63) is 275 Å². The second kappa shape index (κ2) is 17.7. The second-order valence-electron chi connectivity index (χ2n) is 22.0. The van der Waals surface area contributed by atoms with Crippen molar-refractivity contribution in [3.8, 4) is 33.4 Å². The number of rotatable bonds is 10.